The second-order valence-corrected chi connectivity index (χ2v) is 11.7. The first-order valence-corrected chi connectivity index (χ1v) is 12.2. The molecular formula is C22H30N2O5S2. The number of carboxylic acids is 1. The van der Waals surface area contributed by atoms with Crippen molar-refractivity contribution in [2.45, 2.75) is 78.8 Å². The summed E-state index contributed by atoms with van der Waals surface area (Å²) in [6.45, 7) is 7.43. The number of β-lactam (4-membered cyclic amide) rings is 1. The fourth-order valence-electron chi connectivity index (χ4n) is 4.13. The number of amides is 2. The molecule has 2 saturated heterocycles. The highest BCUT2D eigenvalue weighted by Crippen LogP contribution is 2.54. The molecule has 9 heteroatoms. The van der Waals surface area contributed by atoms with Gasteiger partial charge in [0.05, 0.1) is 12.4 Å². The summed E-state index contributed by atoms with van der Waals surface area (Å²) in [4.78, 5) is 40.3. The van der Waals surface area contributed by atoms with E-state index >= 15 is 0 Å². The molecule has 3 rings (SSSR count). The van der Waals surface area contributed by atoms with E-state index in [-0.39, 0.29) is 17.1 Å². The number of rotatable bonds is 9. The molecule has 0 saturated carbocycles. The SMILES string of the molecule is CCCCC(Sc1ccc(OC)cc1)C(=O)N[C@@]1(C)C(=O)N2[C@@H](C(=O)O)C(C)(C)S[C@@H]21. The van der Waals surface area contributed by atoms with Crippen molar-refractivity contribution in [2.24, 2.45) is 0 Å². The Morgan fingerprint density at radius 2 is 1.94 bits per heavy atom. The van der Waals surface area contributed by atoms with E-state index in [1.807, 2.05) is 38.1 Å². The fraction of sp³-hybridized carbons (Fsp3) is 0.591. The lowest BCUT2D eigenvalue weighted by Gasteiger charge is -2.51. The van der Waals surface area contributed by atoms with Crippen LogP contribution in [-0.4, -0.2) is 61.9 Å². The molecule has 0 aromatic heterocycles. The lowest BCUT2D eigenvalue weighted by molar-refractivity contribution is -0.167. The summed E-state index contributed by atoms with van der Waals surface area (Å²) in [5.74, 6) is -0.792. The zero-order valence-corrected chi connectivity index (χ0v) is 20.1. The summed E-state index contributed by atoms with van der Waals surface area (Å²) in [7, 11) is 1.61. The number of carbonyl (C=O) groups is 3. The van der Waals surface area contributed by atoms with Gasteiger partial charge in [0.25, 0.3) is 5.91 Å². The molecule has 0 radical (unpaired) electrons. The molecule has 4 atom stereocenters. The number of hydrogen-bond acceptors (Lipinski definition) is 6. The average Bonchev–Trinajstić information content (AvgIpc) is 3.00. The molecule has 0 aliphatic carbocycles. The maximum atomic E-state index is 13.2. The van der Waals surface area contributed by atoms with Gasteiger partial charge in [-0.3, -0.25) is 9.59 Å². The van der Waals surface area contributed by atoms with Gasteiger partial charge in [0.15, 0.2) is 0 Å². The monoisotopic (exact) mass is 466 g/mol. The molecule has 2 fully saturated rings. The number of ether oxygens (including phenoxy) is 1. The summed E-state index contributed by atoms with van der Waals surface area (Å²) in [5.41, 5.74) is -1.10. The molecule has 0 bridgehead atoms. The summed E-state index contributed by atoms with van der Waals surface area (Å²) in [5, 5.41) is 11.9. The molecule has 31 heavy (non-hydrogen) atoms. The summed E-state index contributed by atoms with van der Waals surface area (Å²) in [6.07, 6.45) is 2.54. The number of nitrogens with one attached hydrogen (secondary N) is 1. The molecule has 2 aliphatic heterocycles. The van der Waals surface area contributed by atoms with E-state index in [0.29, 0.717) is 6.42 Å². The maximum absolute atomic E-state index is 13.2. The van der Waals surface area contributed by atoms with Crippen LogP contribution in [-0.2, 0) is 14.4 Å². The molecule has 0 spiro atoms. The molecule has 170 valence electrons. The van der Waals surface area contributed by atoms with E-state index in [2.05, 4.69) is 12.2 Å². The smallest absolute Gasteiger partial charge is 0.327 e. The third-order valence-electron chi connectivity index (χ3n) is 5.84. The number of thioether (sulfide) groups is 2. The minimum atomic E-state index is -1.10. The number of aliphatic carboxylic acids is 1. The normalized spacial score (nSPS) is 27.3. The first-order valence-electron chi connectivity index (χ1n) is 10.4. The molecule has 7 nitrogen and oxygen atoms in total. The fourth-order valence-corrected chi connectivity index (χ4v) is 6.84. The lowest BCUT2D eigenvalue weighted by atomic mass is 9.86. The van der Waals surface area contributed by atoms with Crippen molar-refractivity contribution in [1.82, 2.24) is 10.2 Å². The van der Waals surface area contributed by atoms with Crippen LogP contribution in [0.3, 0.4) is 0 Å². The largest absolute Gasteiger partial charge is 0.497 e. The molecule has 1 unspecified atom stereocenters. The number of benzene rings is 1. The first kappa shape index (κ1) is 23.8. The van der Waals surface area contributed by atoms with Gasteiger partial charge in [-0.2, -0.15) is 0 Å². The summed E-state index contributed by atoms with van der Waals surface area (Å²) >= 11 is 2.90. The zero-order chi connectivity index (χ0) is 23.0. The predicted octanol–water partition coefficient (Wildman–Crippen LogP) is 3.37. The number of methoxy groups -OCH3 is 1. The number of nitrogens with zero attached hydrogens (tertiary/aromatic N) is 1. The van der Waals surface area contributed by atoms with Crippen molar-refractivity contribution in [2.75, 3.05) is 7.11 Å². The minimum Gasteiger partial charge on any atom is -0.497 e. The summed E-state index contributed by atoms with van der Waals surface area (Å²) in [6, 6.07) is 6.65. The molecule has 2 aliphatic rings. The first-order chi connectivity index (χ1) is 14.5. The van der Waals surface area contributed by atoms with Crippen LogP contribution in [0.2, 0.25) is 0 Å². The van der Waals surface area contributed by atoms with E-state index in [0.717, 1.165) is 23.5 Å². The van der Waals surface area contributed by atoms with E-state index in [9.17, 15) is 19.5 Å². The van der Waals surface area contributed by atoms with E-state index in [1.165, 1.54) is 28.4 Å². The van der Waals surface area contributed by atoms with Crippen LogP contribution >= 0.6 is 23.5 Å². The van der Waals surface area contributed by atoms with Crippen LogP contribution in [0.5, 0.6) is 5.75 Å². The average molecular weight is 467 g/mol. The van der Waals surface area contributed by atoms with Gasteiger partial charge < -0.3 is 20.1 Å². The zero-order valence-electron chi connectivity index (χ0n) is 18.5. The van der Waals surface area contributed by atoms with Gasteiger partial charge in [-0.1, -0.05) is 19.8 Å². The van der Waals surface area contributed by atoms with Crippen LogP contribution < -0.4 is 10.1 Å². The van der Waals surface area contributed by atoms with Gasteiger partial charge >= 0.3 is 5.97 Å². The van der Waals surface area contributed by atoms with Crippen LogP contribution in [0.25, 0.3) is 0 Å². The Morgan fingerprint density at radius 3 is 2.48 bits per heavy atom. The molecule has 2 amide bonds. The maximum Gasteiger partial charge on any atom is 0.327 e. The highest BCUT2D eigenvalue weighted by molar-refractivity contribution is 8.01. The van der Waals surface area contributed by atoms with Crippen LogP contribution in [0.15, 0.2) is 29.2 Å². The van der Waals surface area contributed by atoms with E-state index < -0.39 is 27.7 Å². The van der Waals surface area contributed by atoms with Gasteiger partial charge in [0, 0.05) is 9.64 Å². The van der Waals surface area contributed by atoms with E-state index in [4.69, 9.17) is 4.74 Å². The van der Waals surface area contributed by atoms with Crippen LogP contribution in [0.1, 0.15) is 47.0 Å². The molecule has 1 aromatic carbocycles. The molecular weight excluding hydrogens is 436 g/mol. The topological polar surface area (TPSA) is 95.9 Å². The standard InChI is InChI=1S/C22H30N2O5S2/c1-6-7-8-15(30-14-11-9-13(29-5)10-12-14)17(25)23-22(4)19(28)24-16(18(26)27)21(2,3)31-20(22)24/h9-12,15-16,20H,6-8H2,1-5H3,(H,23,25)(H,26,27)/t15?,16-,20+,22-/m0/s1. The predicted molar refractivity (Wildman–Crippen MR) is 122 cm³/mol. The Hall–Kier alpha value is -1.87. The number of carbonyl (C=O) groups excluding carboxylic acids is 2. The minimum absolute atomic E-state index is 0.193. The molecule has 1 aromatic rings. The second kappa shape index (κ2) is 8.94. The highest BCUT2D eigenvalue weighted by Gasteiger charge is 2.70. The quantitative estimate of drug-likeness (QED) is 0.425. The Kier molecular flexibility index (Phi) is 6.86. The van der Waals surface area contributed by atoms with Crippen molar-refractivity contribution in [1.29, 1.82) is 0 Å². The van der Waals surface area contributed by atoms with Crippen molar-refractivity contribution in [3.63, 3.8) is 0 Å². The Labute approximate surface area is 191 Å². The van der Waals surface area contributed by atoms with Gasteiger partial charge in [-0.15, -0.1) is 23.5 Å². The highest BCUT2D eigenvalue weighted by atomic mass is 32.2. The van der Waals surface area contributed by atoms with Gasteiger partial charge in [0.2, 0.25) is 5.91 Å². The van der Waals surface area contributed by atoms with Crippen LogP contribution in [0, 0.1) is 0 Å². The van der Waals surface area contributed by atoms with Crippen molar-refractivity contribution < 1.29 is 24.2 Å². The Morgan fingerprint density at radius 1 is 1.29 bits per heavy atom. The van der Waals surface area contributed by atoms with Gasteiger partial charge in [0.1, 0.15) is 22.7 Å². The number of fused-ring (bicyclic) bond motifs is 1. The Bertz CT molecular complexity index is 860. The van der Waals surface area contributed by atoms with Gasteiger partial charge in [-0.05, 0) is 51.5 Å². The van der Waals surface area contributed by atoms with Crippen molar-refractivity contribution >= 4 is 41.3 Å². The third kappa shape index (κ3) is 4.39. The van der Waals surface area contributed by atoms with E-state index in [1.54, 1.807) is 14.0 Å². The second-order valence-electron chi connectivity index (χ2n) is 8.64. The number of carboxylic acid groups (broad SMARTS) is 1. The van der Waals surface area contributed by atoms with Crippen molar-refractivity contribution in [3.8, 4) is 5.75 Å². The summed E-state index contributed by atoms with van der Waals surface area (Å²) < 4.78 is 4.56. The van der Waals surface area contributed by atoms with Gasteiger partial charge in [-0.25, -0.2) is 4.79 Å². The molecule has 2 heterocycles. The van der Waals surface area contributed by atoms with Crippen molar-refractivity contribution in [3.05, 3.63) is 24.3 Å². The van der Waals surface area contributed by atoms with Crippen LogP contribution in [0.4, 0.5) is 0 Å². The molecule has 2 N–H and O–H groups in total. The number of unbranched alkanes of at least 4 members (excludes halogenated alkanes) is 1. The lowest BCUT2D eigenvalue weighted by Crippen LogP contribution is -2.78. The number of hydrogen-bond donors (Lipinski definition) is 2. The third-order valence-corrected chi connectivity index (χ3v) is 8.88. The Balaban J connectivity index is 1.75.